The lowest BCUT2D eigenvalue weighted by atomic mass is 10.2. The maximum Gasteiger partial charge on any atom is 0.271 e. The smallest absolute Gasteiger partial charge is 0.271 e. The van der Waals surface area contributed by atoms with Crippen LogP contribution in [0.2, 0.25) is 0 Å². The van der Waals surface area contributed by atoms with E-state index in [0.29, 0.717) is 11.3 Å². The Morgan fingerprint density at radius 2 is 1.82 bits per heavy atom. The third-order valence-corrected chi connectivity index (χ3v) is 2.49. The van der Waals surface area contributed by atoms with Gasteiger partial charge in [-0.05, 0) is 38.1 Å². The van der Waals surface area contributed by atoms with Crippen LogP contribution in [-0.4, -0.2) is 17.4 Å². The van der Waals surface area contributed by atoms with Crippen LogP contribution in [0.5, 0.6) is 0 Å². The van der Waals surface area contributed by atoms with Gasteiger partial charge >= 0.3 is 0 Å². The molecule has 0 heterocycles. The zero-order valence-corrected chi connectivity index (χ0v) is 11.2. The molecule has 0 aromatic heterocycles. The Morgan fingerprint density at radius 3 is 2.35 bits per heavy atom. The third-order valence-electron chi connectivity index (χ3n) is 1.96. The normalized spacial score (nSPS) is 11.1. The summed E-state index contributed by atoms with van der Waals surface area (Å²) in [5, 5.41) is 3.85. The summed E-state index contributed by atoms with van der Waals surface area (Å²) in [6, 6.07) is 6.94. The predicted molar refractivity (Wildman–Crippen MR) is 70.0 cm³/mol. The van der Waals surface area contributed by atoms with Gasteiger partial charge in [0.05, 0.1) is 0 Å². The van der Waals surface area contributed by atoms with Crippen LogP contribution >= 0.6 is 15.9 Å². The quantitative estimate of drug-likeness (QED) is 0.686. The van der Waals surface area contributed by atoms with Crippen molar-refractivity contribution in [3.63, 3.8) is 0 Å². The second kappa shape index (κ2) is 6.30. The first kappa shape index (κ1) is 13.6. The molecule has 0 radical (unpaired) electrons. The molecule has 0 atom stereocenters. The van der Waals surface area contributed by atoms with Crippen molar-refractivity contribution < 1.29 is 9.59 Å². The van der Waals surface area contributed by atoms with E-state index in [0.717, 1.165) is 4.47 Å². The molecule has 0 saturated carbocycles. The minimum absolute atomic E-state index is 0.0177. The molecule has 1 N–H and O–H groups in total. The number of Topliss-reactive ketones (excluding diaryl/α,β-unsaturated/α-hetero) is 1. The van der Waals surface area contributed by atoms with Crippen molar-refractivity contribution in [1.82, 2.24) is 5.43 Å². The lowest BCUT2D eigenvalue weighted by molar-refractivity contribution is -0.115. The van der Waals surface area contributed by atoms with Crippen molar-refractivity contribution >= 4 is 33.3 Å². The van der Waals surface area contributed by atoms with Crippen LogP contribution in [0.3, 0.4) is 0 Å². The molecule has 0 saturated heterocycles. The van der Waals surface area contributed by atoms with Gasteiger partial charge in [0, 0.05) is 22.2 Å². The van der Waals surface area contributed by atoms with Gasteiger partial charge in [-0.2, -0.15) is 5.10 Å². The highest BCUT2D eigenvalue weighted by atomic mass is 79.9. The first-order valence-electron chi connectivity index (χ1n) is 5.07. The molecular formula is C12H13BrN2O2. The standard InChI is InChI=1S/C12H13BrN2O2/c1-8(7-9(2)16)14-15-12(17)10-3-5-11(13)6-4-10/h3-6H,7H2,1-2H3,(H,15,17)/b14-8-. The maximum absolute atomic E-state index is 11.6. The molecule has 17 heavy (non-hydrogen) atoms. The number of hydrogen-bond acceptors (Lipinski definition) is 3. The zero-order valence-electron chi connectivity index (χ0n) is 9.66. The van der Waals surface area contributed by atoms with Gasteiger partial charge < -0.3 is 0 Å². The van der Waals surface area contributed by atoms with Gasteiger partial charge in [0.15, 0.2) is 0 Å². The number of ketones is 1. The number of benzene rings is 1. The summed E-state index contributed by atoms with van der Waals surface area (Å²) in [6.45, 7) is 3.18. The number of nitrogens with zero attached hydrogens (tertiary/aromatic N) is 1. The summed E-state index contributed by atoms with van der Waals surface area (Å²) in [6.07, 6.45) is 0.251. The highest BCUT2D eigenvalue weighted by Crippen LogP contribution is 2.10. The first-order chi connectivity index (χ1) is 7.99. The molecule has 0 aliphatic heterocycles. The Kier molecular flexibility index (Phi) is 5.03. The van der Waals surface area contributed by atoms with Gasteiger partial charge in [-0.25, -0.2) is 5.43 Å². The van der Waals surface area contributed by atoms with Crippen LogP contribution in [0.4, 0.5) is 0 Å². The Morgan fingerprint density at radius 1 is 1.24 bits per heavy atom. The van der Waals surface area contributed by atoms with Gasteiger partial charge in [-0.15, -0.1) is 0 Å². The van der Waals surface area contributed by atoms with Gasteiger partial charge in [0.25, 0.3) is 5.91 Å². The molecule has 0 unspecified atom stereocenters. The molecule has 0 aliphatic carbocycles. The number of nitrogens with one attached hydrogen (secondary N) is 1. The summed E-state index contributed by atoms with van der Waals surface area (Å²) in [5.74, 6) is -0.274. The molecular weight excluding hydrogens is 284 g/mol. The number of rotatable bonds is 4. The van der Waals surface area contributed by atoms with Gasteiger partial charge in [0.2, 0.25) is 0 Å². The molecule has 1 aromatic rings. The summed E-state index contributed by atoms with van der Waals surface area (Å²) in [4.78, 5) is 22.4. The average Bonchev–Trinajstić information content (AvgIpc) is 2.26. The fourth-order valence-corrected chi connectivity index (χ4v) is 1.48. The van der Waals surface area contributed by atoms with E-state index in [-0.39, 0.29) is 18.1 Å². The number of carbonyl (C=O) groups excluding carboxylic acids is 2. The second-order valence-electron chi connectivity index (χ2n) is 3.67. The minimum atomic E-state index is -0.291. The fourth-order valence-electron chi connectivity index (χ4n) is 1.21. The van der Waals surface area contributed by atoms with Crippen LogP contribution in [0, 0.1) is 0 Å². The molecule has 0 aliphatic rings. The van der Waals surface area contributed by atoms with Crippen LogP contribution < -0.4 is 5.43 Å². The van der Waals surface area contributed by atoms with Crippen molar-refractivity contribution in [2.75, 3.05) is 0 Å². The summed E-state index contributed by atoms with van der Waals surface area (Å²) >= 11 is 3.29. The van der Waals surface area contributed by atoms with Gasteiger partial charge in [0.1, 0.15) is 5.78 Å². The molecule has 0 bridgehead atoms. The number of carbonyl (C=O) groups is 2. The Labute approximate surface area is 108 Å². The topological polar surface area (TPSA) is 58.5 Å². The van der Waals surface area contributed by atoms with Crippen LogP contribution in [0.15, 0.2) is 33.8 Å². The summed E-state index contributed by atoms with van der Waals surface area (Å²) in [7, 11) is 0. The van der Waals surface area contributed by atoms with Crippen molar-refractivity contribution in [2.45, 2.75) is 20.3 Å². The number of hydrazone groups is 1. The largest absolute Gasteiger partial charge is 0.300 e. The van der Waals surface area contributed by atoms with E-state index in [2.05, 4.69) is 26.5 Å². The molecule has 4 nitrogen and oxygen atoms in total. The molecule has 0 spiro atoms. The van der Waals surface area contributed by atoms with Crippen molar-refractivity contribution in [3.05, 3.63) is 34.3 Å². The zero-order chi connectivity index (χ0) is 12.8. The number of hydrogen-bond donors (Lipinski definition) is 1. The average molecular weight is 297 g/mol. The lowest BCUT2D eigenvalue weighted by Crippen LogP contribution is -2.19. The van der Waals surface area contributed by atoms with Crippen LogP contribution in [0.25, 0.3) is 0 Å². The molecule has 1 rings (SSSR count). The molecule has 1 aromatic carbocycles. The van der Waals surface area contributed by atoms with E-state index in [4.69, 9.17) is 0 Å². The number of amides is 1. The van der Waals surface area contributed by atoms with E-state index >= 15 is 0 Å². The Bertz CT molecular complexity index is 452. The highest BCUT2D eigenvalue weighted by molar-refractivity contribution is 9.10. The molecule has 1 amide bonds. The van der Waals surface area contributed by atoms with Crippen LogP contribution in [-0.2, 0) is 4.79 Å². The molecule has 90 valence electrons. The Balaban J connectivity index is 2.61. The second-order valence-corrected chi connectivity index (χ2v) is 4.59. The van der Waals surface area contributed by atoms with Crippen molar-refractivity contribution in [3.8, 4) is 0 Å². The highest BCUT2D eigenvalue weighted by Gasteiger charge is 2.04. The lowest BCUT2D eigenvalue weighted by Gasteiger charge is -2.01. The van der Waals surface area contributed by atoms with Crippen molar-refractivity contribution in [1.29, 1.82) is 0 Å². The first-order valence-corrected chi connectivity index (χ1v) is 5.87. The number of halogens is 1. The Hall–Kier alpha value is -1.49. The van der Waals surface area contributed by atoms with E-state index < -0.39 is 0 Å². The summed E-state index contributed by atoms with van der Waals surface area (Å²) in [5.41, 5.74) is 3.51. The van der Waals surface area contributed by atoms with Crippen molar-refractivity contribution in [2.24, 2.45) is 5.10 Å². The van der Waals surface area contributed by atoms with E-state index in [1.54, 1.807) is 31.2 Å². The van der Waals surface area contributed by atoms with Crippen LogP contribution in [0.1, 0.15) is 30.6 Å². The maximum atomic E-state index is 11.6. The van der Waals surface area contributed by atoms with E-state index in [9.17, 15) is 9.59 Å². The fraction of sp³-hybridized carbons (Fsp3) is 0.250. The SMILES string of the molecule is CC(=O)C/C(C)=N\NC(=O)c1ccc(Br)cc1. The summed E-state index contributed by atoms with van der Waals surface area (Å²) < 4.78 is 0.908. The minimum Gasteiger partial charge on any atom is -0.300 e. The predicted octanol–water partition coefficient (Wildman–Crippen LogP) is 2.53. The molecule has 5 heteroatoms. The van der Waals surface area contributed by atoms with E-state index in [1.807, 2.05) is 0 Å². The third kappa shape index (κ3) is 4.91. The van der Waals surface area contributed by atoms with Gasteiger partial charge in [-0.3, -0.25) is 9.59 Å². The van der Waals surface area contributed by atoms with E-state index in [1.165, 1.54) is 6.92 Å². The molecule has 0 fully saturated rings. The van der Waals surface area contributed by atoms with Gasteiger partial charge in [-0.1, -0.05) is 15.9 Å². The monoisotopic (exact) mass is 296 g/mol.